The largest absolute Gasteiger partial charge is 0.490 e. The molecule has 1 saturated carbocycles. The number of hydroxylamine groups is 2. The van der Waals surface area contributed by atoms with Crippen molar-refractivity contribution in [1.82, 2.24) is 10.4 Å². The van der Waals surface area contributed by atoms with E-state index in [1.807, 2.05) is 12.1 Å². The molecule has 3 saturated heterocycles. The molecule has 9 heteroatoms. The van der Waals surface area contributed by atoms with E-state index in [0.717, 1.165) is 64.6 Å². The first-order valence-electron chi connectivity index (χ1n) is 16.6. The average Bonchev–Trinajstić information content (AvgIpc) is 3.72. The van der Waals surface area contributed by atoms with Crippen molar-refractivity contribution in [2.24, 2.45) is 0 Å². The molecule has 4 aliphatic rings. The number of carbonyl (C=O) groups is 1. The second kappa shape index (κ2) is 16.5. The fourth-order valence-electron chi connectivity index (χ4n) is 6.41. The first kappa shape index (κ1) is 32.6. The molecular formula is C35H47ClN4O4. The van der Waals surface area contributed by atoms with Gasteiger partial charge in [-0.15, -0.1) is 0 Å². The number of halogens is 1. The van der Waals surface area contributed by atoms with Gasteiger partial charge in [0.25, 0.3) is 5.91 Å². The smallest absolute Gasteiger partial charge is 0.251 e. The molecule has 44 heavy (non-hydrogen) atoms. The molecule has 238 valence electrons. The molecule has 0 unspecified atom stereocenters. The number of anilines is 1. The van der Waals surface area contributed by atoms with Gasteiger partial charge in [-0.25, -0.2) is 0 Å². The highest BCUT2D eigenvalue weighted by Gasteiger charge is 2.30. The van der Waals surface area contributed by atoms with Crippen LogP contribution in [0.25, 0.3) is 0 Å². The number of rotatable bonds is 10. The topological polar surface area (TPSA) is 87.1 Å². The van der Waals surface area contributed by atoms with Crippen molar-refractivity contribution >= 4 is 23.2 Å². The molecule has 3 aliphatic heterocycles. The van der Waals surface area contributed by atoms with Crippen LogP contribution >= 0.6 is 11.6 Å². The Labute approximate surface area is 267 Å². The first-order chi connectivity index (χ1) is 21.5. The molecule has 0 radical (unpaired) electrons. The lowest BCUT2D eigenvalue weighted by molar-refractivity contribution is -0.0904. The number of nitrogens with zero attached hydrogens (tertiary/aromatic N) is 3. The summed E-state index contributed by atoms with van der Waals surface area (Å²) in [5.74, 6) is 0.661. The van der Waals surface area contributed by atoms with Crippen molar-refractivity contribution in [2.45, 2.75) is 102 Å². The van der Waals surface area contributed by atoms with Gasteiger partial charge < -0.3 is 19.7 Å². The molecule has 8 nitrogen and oxygen atoms in total. The zero-order valence-corrected chi connectivity index (χ0v) is 26.8. The van der Waals surface area contributed by atoms with Gasteiger partial charge in [0.1, 0.15) is 11.8 Å². The predicted octanol–water partition coefficient (Wildman–Crippen LogP) is 6.90. The highest BCUT2D eigenvalue weighted by Crippen LogP contribution is 2.28. The lowest BCUT2D eigenvalue weighted by Crippen LogP contribution is -2.39. The van der Waals surface area contributed by atoms with E-state index < -0.39 is 0 Å². The van der Waals surface area contributed by atoms with E-state index in [9.17, 15) is 4.79 Å². The quantitative estimate of drug-likeness (QED) is 0.288. The highest BCUT2D eigenvalue weighted by molar-refractivity contribution is 6.31. The van der Waals surface area contributed by atoms with Crippen LogP contribution in [0.4, 0.5) is 5.69 Å². The third kappa shape index (κ3) is 9.34. The number of carbonyl (C=O) groups excluding carboxylic acids is 1. The Morgan fingerprint density at radius 3 is 2.25 bits per heavy atom. The summed E-state index contributed by atoms with van der Waals surface area (Å²) in [6.45, 7) is 7.42. The van der Waals surface area contributed by atoms with Crippen molar-refractivity contribution in [3.05, 3.63) is 58.6 Å². The molecule has 2 bridgehead atoms. The molecular weight excluding hydrogens is 576 g/mol. The molecule has 0 aromatic heterocycles. The number of nitriles is 1. The third-order valence-electron chi connectivity index (χ3n) is 9.11. The summed E-state index contributed by atoms with van der Waals surface area (Å²) in [5, 5.41) is 14.7. The van der Waals surface area contributed by atoms with Crippen LogP contribution in [0.15, 0.2) is 42.5 Å². The van der Waals surface area contributed by atoms with Crippen LogP contribution in [0, 0.1) is 11.3 Å². The zero-order chi connectivity index (χ0) is 30.7. The van der Waals surface area contributed by atoms with Crippen LogP contribution in [0.1, 0.15) is 93.5 Å². The number of amides is 1. The number of hydrogen-bond acceptors (Lipinski definition) is 7. The van der Waals surface area contributed by atoms with Gasteiger partial charge in [0.15, 0.2) is 0 Å². The summed E-state index contributed by atoms with van der Waals surface area (Å²) in [4.78, 5) is 20.5. The summed E-state index contributed by atoms with van der Waals surface area (Å²) in [6.07, 6.45) is 12.8. The summed E-state index contributed by atoms with van der Waals surface area (Å²) >= 11 is 6.11. The average molecular weight is 623 g/mol. The monoisotopic (exact) mass is 622 g/mol. The minimum absolute atomic E-state index is 0.0195. The fourth-order valence-corrected chi connectivity index (χ4v) is 6.62. The molecule has 4 fully saturated rings. The third-order valence-corrected chi connectivity index (χ3v) is 9.42. The summed E-state index contributed by atoms with van der Waals surface area (Å²) < 4.78 is 12.1. The van der Waals surface area contributed by atoms with Crippen molar-refractivity contribution in [3.8, 4) is 11.8 Å². The Bertz CT molecular complexity index is 1220. The fraction of sp³-hybridized carbons (Fsp3) is 0.600. The summed E-state index contributed by atoms with van der Waals surface area (Å²) in [5.41, 5.74) is 2.31. The summed E-state index contributed by atoms with van der Waals surface area (Å²) in [7, 11) is 0. The number of piperidine rings is 2. The Morgan fingerprint density at radius 2 is 1.68 bits per heavy atom. The molecule has 2 aromatic rings. The molecule has 6 rings (SSSR count). The Kier molecular flexibility index (Phi) is 12.2. The highest BCUT2D eigenvalue weighted by atomic mass is 35.5. The standard InChI is InChI=1S/C30H38ClN3O3.C5H9NO/c1-2-3-4-19-36-26-15-17-34(18-16-26)25-10-5-22(6-11-25)30(35)33-24-8-13-27(14-9-24)37-28-12-7-23(21-32)29(31)20-28;1-3-6-4-2-5(1)7-6/h5-7,10-12,20,24,26-27H,2-4,8-9,13-19H2,1H3,(H,33,35);5H,1-4H2. The minimum Gasteiger partial charge on any atom is -0.490 e. The van der Waals surface area contributed by atoms with Crippen molar-refractivity contribution in [2.75, 3.05) is 37.7 Å². The molecule has 1 N–H and O–H groups in total. The molecule has 0 spiro atoms. The van der Waals surface area contributed by atoms with Gasteiger partial charge in [0, 0.05) is 56.1 Å². The molecule has 3 heterocycles. The van der Waals surface area contributed by atoms with Crippen molar-refractivity contribution in [1.29, 1.82) is 5.26 Å². The molecule has 2 aromatic carbocycles. The van der Waals surface area contributed by atoms with Gasteiger partial charge in [-0.1, -0.05) is 31.4 Å². The van der Waals surface area contributed by atoms with Gasteiger partial charge in [0.05, 0.1) is 28.9 Å². The van der Waals surface area contributed by atoms with Gasteiger partial charge in [-0.05, 0) is 94.2 Å². The van der Waals surface area contributed by atoms with E-state index in [1.165, 1.54) is 44.5 Å². The van der Waals surface area contributed by atoms with Gasteiger partial charge in [0.2, 0.25) is 0 Å². The van der Waals surface area contributed by atoms with Gasteiger partial charge >= 0.3 is 0 Å². The number of ether oxygens (including phenoxy) is 2. The summed E-state index contributed by atoms with van der Waals surface area (Å²) in [6, 6.07) is 15.4. The SMILES string of the molecule is C1CN2CCC1O2.CCCCCOC1CCN(c2ccc(C(=O)NC3CCC(Oc4ccc(C#N)c(Cl)c4)CC3)cc2)CC1. The zero-order valence-electron chi connectivity index (χ0n) is 26.0. The van der Waals surface area contributed by atoms with E-state index in [4.69, 9.17) is 31.2 Å². The van der Waals surface area contributed by atoms with Crippen LogP contribution in [-0.4, -0.2) is 68.1 Å². The van der Waals surface area contributed by atoms with E-state index in [2.05, 4.69) is 40.4 Å². The van der Waals surface area contributed by atoms with Crippen LogP contribution in [-0.2, 0) is 9.57 Å². The second-order valence-corrected chi connectivity index (χ2v) is 12.8. The van der Waals surface area contributed by atoms with Crippen LogP contribution < -0.4 is 15.0 Å². The lowest BCUT2D eigenvalue weighted by Gasteiger charge is -2.33. The van der Waals surface area contributed by atoms with E-state index in [1.54, 1.807) is 18.2 Å². The van der Waals surface area contributed by atoms with Crippen molar-refractivity contribution in [3.63, 3.8) is 0 Å². The first-order valence-corrected chi connectivity index (χ1v) is 16.9. The normalized spacial score (nSPS) is 24.7. The minimum atomic E-state index is -0.0195. The number of hydrogen-bond donors (Lipinski definition) is 1. The molecule has 1 amide bonds. The van der Waals surface area contributed by atoms with Crippen molar-refractivity contribution < 1.29 is 19.1 Å². The van der Waals surface area contributed by atoms with Crippen LogP contribution in [0.2, 0.25) is 5.02 Å². The maximum Gasteiger partial charge on any atom is 0.251 e. The number of unbranched alkanes of at least 4 members (excludes halogenated alkanes) is 2. The van der Waals surface area contributed by atoms with Crippen LogP contribution in [0.3, 0.4) is 0 Å². The number of nitrogens with one attached hydrogen (secondary N) is 1. The van der Waals surface area contributed by atoms with Crippen LogP contribution in [0.5, 0.6) is 5.75 Å². The van der Waals surface area contributed by atoms with E-state index in [-0.39, 0.29) is 18.1 Å². The predicted molar refractivity (Wildman–Crippen MR) is 173 cm³/mol. The second-order valence-electron chi connectivity index (χ2n) is 12.4. The van der Waals surface area contributed by atoms with E-state index in [0.29, 0.717) is 34.1 Å². The Balaban J connectivity index is 0.000000474. The maximum atomic E-state index is 12.8. The molecule has 0 atom stereocenters. The van der Waals surface area contributed by atoms with Gasteiger partial charge in [-0.2, -0.15) is 10.3 Å². The van der Waals surface area contributed by atoms with E-state index >= 15 is 0 Å². The Morgan fingerprint density at radius 1 is 0.955 bits per heavy atom. The number of benzene rings is 2. The maximum absolute atomic E-state index is 12.8. The molecule has 1 aliphatic carbocycles. The Hall–Kier alpha value is -2.83. The van der Waals surface area contributed by atoms with Gasteiger partial charge in [-0.3, -0.25) is 9.63 Å². The lowest BCUT2D eigenvalue weighted by atomic mass is 9.92. The number of fused-ring (bicyclic) bond motifs is 2.